The van der Waals surface area contributed by atoms with Gasteiger partial charge in [-0.3, -0.25) is 4.90 Å². The van der Waals surface area contributed by atoms with Crippen molar-refractivity contribution in [3.63, 3.8) is 0 Å². The van der Waals surface area contributed by atoms with E-state index in [2.05, 4.69) is 0 Å². The molecule has 1 amide bonds. The molecule has 3 rings (SSSR count). The second-order valence-electron chi connectivity index (χ2n) is 6.33. The predicted molar refractivity (Wildman–Crippen MR) is 103 cm³/mol. The third-order valence-electron chi connectivity index (χ3n) is 4.53. The zero-order valence-corrected chi connectivity index (χ0v) is 15.7. The average molecular weight is 374 g/mol. The average Bonchev–Trinajstić information content (AvgIpc) is 2.68. The monoisotopic (exact) mass is 373 g/mol. The zero-order chi connectivity index (χ0) is 18.4. The number of hydrogen-bond donors (Lipinski definition) is 0. The van der Waals surface area contributed by atoms with Gasteiger partial charge < -0.3 is 9.47 Å². The van der Waals surface area contributed by atoms with Crippen molar-refractivity contribution in [2.24, 2.45) is 0 Å². The van der Waals surface area contributed by atoms with Crippen molar-refractivity contribution in [3.05, 3.63) is 59.1 Å². The molecule has 5 heteroatoms. The second-order valence-corrected chi connectivity index (χ2v) is 6.74. The Balaban J connectivity index is 1.62. The molecule has 0 aliphatic carbocycles. The molecule has 4 nitrogen and oxygen atoms in total. The predicted octanol–water partition coefficient (Wildman–Crippen LogP) is 5.49. The highest BCUT2D eigenvalue weighted by molar-refractivity contribution is 6.33. The van der Waals surface area contributed by atoms with E-state index in [9.17, 15) is 4.79 Å². The Labute approximate surface area is 159 Å². The smallest absolute Gasteiger partial charge is 0.411 e. The molecule has 2 aromatic rings. The van der Waals surface area contributed by atoms with E-state index in [1.54, 1.807) is 4.90 Å². The van der Waals surface area contributed by atoms with Crippen LogP contribution >= 0.6 is 11.6 Å². The standard InChI is InChI=1S/C21H24ClNO3/c1-2-25-21(24)23-14-6-5-9-20(23)26-15-16-10-12-17(13-11-16)18-7-3-4-8-19(18)22/h3-4,7-8,10-13,20H,2,5-6,9,14-15H2,1H3. The van der Waals surface area contributed by atoms with Crippen molar-refractivity contribution in [2.45, 2.75) is 39.0 Å². The molecule has 1 aliphatic heterocycles. The number of piperidine rings is 1. The molecule has 0 N–H and O–H groups in total. The van der Waals surface area contributed by atoms with Crippen molar-refractivity contribution >= 4 is 17.7 Å². The maximum Gasteiger partial charge on any atom is 0.411 e. The van der Waals surface area contributed by atoms with Gasteiger partial charge in [-0.25, -0.2) is 4.79 Å². The van der Waals surface area contributed by atoms with Gasteiger partial charge in [0.05, 0.1) is 13.2 Å². The molecule has 0 saturated carbocycles. The van der Waals surface area contributed by atoms with E-state index in [1.807, 2.05) is 55.5 Å². The van der Waals surface area contributed by atoms with Crippen LogP contribution in [-0.2, 0) is 16.1 Å². The lowest BCUT2D eigenvalue weighted by Gasteiger charge is -2.34. The van der Waals surface area contributed by atoms with Gasteiger partial charge in [0, 0.05) is 17.1 Å². The van der Waals surface area contributed by atoms with E-state index in [4.69, 9.17) is 21.1 Å². The first-order valence-electron chi connectivity index (χ1n) is 9.08. The van der Waals surface area contributed by atoms with Gasteiger partial charge in [-0.1, -0.05) is 54.1 Å². The summed E-state index contributed by atoms with van der Waals surface area (Å²) in [5.41, 5.74) is 3.16. The van der Waals surface area contributed by atoms with Crippen LogP contribution in [0.1, 0.15) is 31.7 Å². The highest BCUT2D eigenvalue weighted by Gasteiger charge is 2.28. The van der Waals surface area contributed by atoms with Crippen LogP contribution in [0.25, 0.3) is 11.1 Å². The Bertz CT molecular complexity index is 732. The lowest BCUT2D eigenvalue weighted by atomic mass is 10.0. The molecular weight excluding hydrogens is 350 g/mol. The van der Waals surface area contributed by atoms with E-state index in [-0.39, 0.29) is 12.3 Å². The summed E-state index contributed by atoms with van der Waals surface area (Å²) in [5.74, 6) is 0. The first-order chi connectivity index (χ1) is 12.7. The van der Waals surface area contributed by atoms with Crippen molar-refractivity contribution in [1.29, 1.82) is 0 Å². The number of nitrogens with zero attached hydrogens (tertiary/aromatic N) is 1. The molecule has 26 heavy (non-hydrogen) atoms. The van der Waals surface area contributed by atoms with Crippen LogP contribution < -0.4 is 0 Å². The molecular formula is C21H24ClNO3. The topological polar surface area (TPSA) is 38.8 Å². The Morgan fingerprint density at radius 2 is 1.92 bits per heavy atom. The number of halogens is 1. The summed E-state index contributed by atoms with van der Waals surface area (Å²) in [6.45, 7) is 3.35. The molecule has 1 fully saturated rings. The van der Waals surface area contributed by atoms with Gasteiger partial charge in [-0.05, 0) is 43.4 Å². The maximum atomic E-state index is 12.1. The molecule has 0 bridgehead atoms. The number of carbonyl (C=O) groups excluding carboxylic acids is 1. The molecule has 0 radical (unpaired) electrons. The summed E-state index contributed by atoms with van der Waals surface area (Å²) in [5, 5.41) is 0.740. The van der Waals surface area contributed by atoms with E-state index in [1.165, 1.54) is 0 Å². The third kappa shape index (κ3) is 4.57. The normalized spacial score (nSPS) is 17.2. The van der Waals surface area contributed by atoms with Gasteiger partial charge >= 0.3 is 6.09 Å². The number of ether oxygens (including phenoxy) is 2. The largest absolute Gasteiger partial charge is 0.450 e. The van der Waals surface area contributed by atoms with Crippen LogP contribution in [0.5, 0.6) is 0 Å². The number of amides is 1. The molecule has 1 saturated heterocycles. The Hall–Kier alpha value is -2.04. The Kier molecular flexibility index (Phi) is 6.53. The van der Waals surface area contributed by atoms with Crippen LogP contribution in [0.15, 0.2) is 48.5 Å². The highest BCUT2D eigenvalue weighted by atomic mass is 35.5. The van der Waals surface area contributed by atoms with Gasteiger partial charge in [0.1, 0.15) is 6.23 Å². The summed E-state index contributed by atoms with van der Waals surface area (Å²) < 4.78 is 11.2. The fraction of sp³-hybridized carbons (Fsp3) is 0.381. The number of likely N-dealkylation sites (tertiary alicyclic amines) is 1. The third-order valence-corrected chi connectivity index (χ3v) is 4.86. The van der Waals surface area contributed by atoms with E-state index < -0.39 is 0 Å². The number of hydrogen-bond acceptors (Lipinski definition) is 3. The highest BCUT2D eigenvalue weighted by Crippen LogP contribution is 2.28. The van der Waals surface area contributed by atoms with E-state index >= 15 is 0 Å². The molecule has 0 spiro atoms. The van der Waals surface area contributed by atoms with Crippen molar-refractivity contribution < 1.29 is 14.3 Å². The molecule has 138 valence electrons. The number of rotatable bonds is 5. The van der Waals surface area contributed by atoms with Gasteiger partial charge in [-0.15, -0.1) is 0 Å². The zero-order valence-electron chi connectivity index (χ0n) is 15.0. The first kappa shape index (κ1) is 18.7. The Morgan fingerprint density at radius 3 is 2.65 bits per heavy atom. The van der Waals surface area contributed by atoms with Gasteiger partial charge in [0.15, 0.2) is 0 Å². The summed E-state index contributed by atoms with van der Waals surface area (Å²) in [6.07, 6.45) is 2.39. The van der Waals surface area contributed by atoms with Crippen LogP contribution in [0, 0.1) is 0 Å². The molecule has 1 unspecified atom stereocenters. The van der Waals surface area contributed by atoms with Crippen molar-refractivity contribution in [1.82, 2.24) is 4.90 Å². The van der Waals surface area contributed by atoms with E-state index in [0.717, 1.165) is 41.0 Å². The van der Waals surface area contributed by atoms with Gasteiger partial charge in [0.25, 0.3) is 0 Å². The molecule has 1 aliphatic rings. The molecule has 1 heterocycles. The molecule has 2 aromatic carbocycles. The fourth-order valence-corrected chi connectivity index (χ4v) is 3.40. The number of benzene rings is 2. The summed E-state index contributed by atoms with van der Waals surface area (Å²) in [6, 6.07) is 16.0. The summed E-state index contributed by atoms with van der Waals surface area (Å²) in [7, 11) is 0. The van der Waals surface area contributed by atoms with Crippen LogP contribution in [-0.4, -0.2) is 30.4 Å². The summed E-state index contributed by atoms with van der Waals surface area (Å²) in [4.78, 5) is 13.8. The SMILES string of the molecule is CCOC(=O)N1CCCCC1OCc1ccc(-c2ccccc2Cl)cc1. The van der Waals surface area contributed by atoms with Crippen LogP contribution in [0.3, 0.4) is 0 Å². The summed E-state index contributed by atoms with van der Waals surface area (Å²) >= 11 is 6.26. The Morgan fingerprint density at radius 1 is 1.15 bits per heavy atom. The molecule has 0 aromatic heterocycles. The minimum atomic E-state index is -0.286. The van der Waals surface area contributed by atoms with Crippen molar-refractivity contribution in [2.75, 3.05) is 13.2 Å². The maximum absolute atomic E-state index is 12.1. The minimum Gasteiger partial charge on any atom is -0.450 e. The lowest BCUT2D eigenvalue weighted by Crippen LogP contribution is -2.45. The fourth-order valence-electron chi connectivity index (χ4n) is 3.16. The minimum absolute atomic E-state index is 0.217. The number of carbonyl (C=O) groups is 1. The van der Waals surface area contributed by atoms with Crippen molar-refractivity contribution in [3.8, 4) is 11.1 Å². The van der Waals surface area contributed by atoms with E-state index in [0.29, 0.717) is 19.8 Å². The van der Waals surface area contributed by atoms with Crippen LogP contribution in [0.4, 0.5) is 4.79 Å². The quantitative estimate of drug-likeness (QED) is 0.695. The first-order valence-corrected chi connectivity index (χ1v) is 9.45. The van der Waals surface area contributed by atoms with Gasteiger partial charge in [-0.2, -0.15) is 0 Å². The van der Waals surface area contributed by atoms with Gasteiger partial charge in [0.2, 0.25) is 0 Å². The second kappa shape index (κ2) is 9.06. The van der Waals surface area contributed by atoms with Crippen LogP contribution in [0.2, 0.25) is 5.02 Å². The molecule has 1 atom stereocenters. The lowest BCUT2D eigenvalue weighted by molar-refractivity contribution is -0.0788.